The number of hydrogen-bond donors (Lipinski definition) is 2. The van der Waals surface area contributed by atoms with Crippen LogP contribution < -0.4 is 4.74 Å². The van der Waals surface area contributed by atoms with Gasteiger partial charge in [-0.25, -0.2) is 0 Å². The Kier molecular flexibility index (Phi) is 5.36. The average Bonchev–Trinajstić information content (AvgIpc) is 2.52. The number of ether oxygens (including phenoxy) is 1. The molecule has 0 bridgehead atoms. The second-order valence-electron chi connectivity index (χ2n) is 4.87. The number of phenolic OH excluding ortho intramolecular Hbond substituents is 1. The molecule has 0 aromatic heterocycles. The summed E-state index contributed by atoms with van der Waals surface area (Å²) in [6.45, 7) is 0.0132. The van der Waals surface area contributed by atoms with Crippen molar-refractivity contribution >= 4 is 15.9 Å². The molecule has 0 spiro atoms. The molecule has 0 heterocycles. The highest BCUT2D eigenvalue weighted by Crippen LogP contribution is 2.28. The molecule has 122 valence electrons. The number of rotatable bonds is 7. The van der Waals surface area contributed by atoms with E-state index in [1.54, 1.807) is 30.3 Å². The van der Waals surface area contributed by atoms with Crippen LogP contribution in [0.1, 0.15) is 22.3 Å². The van der Waals surface area contributed by atoms with Crippen molar-refractivity contribution in [2.24, 2.45) is 0 Å². The molecule has 0 fully saturated rings. The first-order chi connectivity index (χ1) is 10.9. The molecule has 0 aliphatic carbocycles. The smallest absolute Gasteiger partial charge is 0.264 e. The van der Waals surface area contributed by atoms with Crippen molar-refractivity contribution in [3.63, 3.8) is 0 Å². The summed E-state index contributed by atoms with van der Waals surface area (Å²) in [7, 11) is -4.02. The van der Waals surface area contributed by atoms with Gasteiger partial charge in [-0.3, -0.25) is 9.35 Å². The number of carbonyl (C=O) groups excluding carboxylic acids is 1. The van der Waals surface area contributed by atoms with Crippen molar-refractivity contribution in [2.75, 3.05) is 12.4 Å². The molecule has 23 heavy (non-hydrogen) atoms. The fraction of sp³-hybridized carbons (Fsp3) is 0.188. The lowest BCUT2D eigenvalue weighted by molar-refractivity contribution is 0.103. The van der Waals surface area contributed by atoms with E-state index in [9.17, 15) is 18.3 Å². The summed E-state index contributed by atoms with van der Waals surface area (Å²) in [4.78, 5) is 12.2. The number of aromatic hydroxyl groups is 1. The molecular formula is C16H16O6S. The van der Waals surface area contributed by atoms with Gasteiger partial charge >= 0.3 is 0 Å². The van der Waals surface area contributed by atoms with Crippen molar-refractivity contribution in [2.45, 2.75) is 6.42 Å². The summed E-state index contributed by atoms with van der Waals surface area (Å²) in [5, 5.41) is 9.90. The Bertz CT molecular complexity index is 783. The summed E-state index contributed by atoms with van der Waals surface area (Å²) < 4.78 is 35.0. The zero-order valence-electron chi connectivity index (χ0n) is 12.2. The predicted molar refractivity (Wildman–Crippen MR) is 84.5 cm³/mol. The Labute approximate surface area is 134 Å². The highest BCUT2D eigenvalue weighted by molar-refractivity contribution is 7.85. The standard InChI is InChI=1S/C16H16O6S/c17-14-11-13(16(18)12-5-2-1-3-6-12)7-8-15(14)22-9-4-10-23(19,20)21/h1-3,5-8,11,17H,4,9-10H2,(H,19,20,21). The quantitative estimate of drug-likeness (QED) is 0.457. The van der Waals surface area contributed by atoms with E-state index in [4.69, 9.17) is 9.29 Å². The monoisotopic (exact) mass is 336 g/mol. The molecule has 0 amide bonds. The van der Waals surface area contributed by atoms with Crippen LogP contribution in [0.3, 0.4) is 0 Å². The number of carbonyl (C=O) groups is 1. The molecule has 0 aliphatic heterocycles. The van der Waals surface area contributed by atoms with Gasteiger partial charge in [0.15, 0.2) is 17.3 Å². The van der Waals surface area contributed by atoms with E-state index < -0.39 is 15.9 Å². The second kappa shape index (κ2) is 7.26. The third-order valence-corrected chi connectivity index (χ3v) is 3.87. The molecule has 0 unspecified atom stereocenters. The Morgan fingerprint density at radius 1 is 1.04 bits per heavy atom. The van der Waals surface area contributed by atoms with Crippen molar-refractivity contribution in [1.29, 1.82) is 0 Å². The fourth-order valence-electron chi connectivity index (χ4n) is 1.96. The summed E-state index contributed by atoms with van der Waals surface area (Å²) >= 11 is 0. The molecule has 0 aliphatic rings. The van der Waals surface area contributed by atoms with Crippen LogP contribution in [0.25, 0.3) is 0 Å². The maximum atomic E-state index is 12.2. The first-order valence-corrected chi connectivity index (χ1v) is 8.48. The summed E-state index contributed by atoms with van der Waals surface area (Å²) in [6, 6.07) is 12.9. The van der Waals surface area contributed by atoms with E-state index in [1.165, 1.54) is 18.2 Å². The van der Waals surface area contributed by atoms with Crippen molar-refractivity contribution in [3.05, 3.63) is 59.7 Å². The first kappa shape index (κ1) is 17.0. The molecule has 0 radical (unpaired) electrons. The minimum atomic E-state index is -4.02. The Balaban J connectivity index is 2.02. The highest BCUT2D eigenvalue weighted by atomic mass is 32.2. The van der Waals surface area contributed by atoms with Crippen molar-refractivity contribution < 1.29 is 27.6 Å². The minimum absolute atomic E-state index is 0.0132. The molecule has 7 heteroatoms. The van der Waals surface area contributed by atoms with Gasteiger partial charge in [0.25, 0.3) is 10.1 Å². The molecule has 2 rings (SSSR count). The van der Waals surface area contributed by atoms with Gasteiger partial charge in [-0.1, -0.05) is 30.3 Å². The Hall–Kier alpha value is -2.38. The molecule has 2 aromatic carbocycles. The number of hydrogen-bond acceptors (Lipinski definition) is 5. The summed E-state index contributed by atoms with van der Waals surface area (Å²) in [5.41, 5.74) is 0.827. The Morgan fingerprint density at radius 3 is 2.35 bits per heavy atom. The lowest BCUT2D eigenvalue weighted by Gasteiger charge is -2.09. The molecule has 2 aromatic rings. The maximum Gasteiger partial charge on any atom is 0.264 e. The van der Waals surface area contributed by atoms with Crippen molar-refractivity contribution in [3.8, 4) is 11.5 Å². The van der Waals surface area contributed by atoms with Gasteiger partial charge < -0.3 is 9.84 Å². The van der Waals surface area contributed by atoms with Crippen LogP contribution >= 0.6 is 0 Å². The third kappa shape index (κ3) is 5.08. The van der Waals surface area contributed by atoms with E-state index in [0.717, 1.165) is 0 Å². The molecule has 0 saturated heterocycles. The van der Waals surface area contributed by atoms with Crippen LogP contribution in [0.2, 0.25) is 0 Å². The second-order valence-corrected chi connectivity index (χ2v) is 6.44. The van der Waals surface area contributed by atoms with Crippen LogP contribution in [0.15, 0.2) is 48.5 Å². The van der Waals surface area contributed by atoms with E-state index in [2.05, 4.69) is 0 Å². The lowest BCUT2D eigenvalue weighted by atomic mass is 10.0. The molecular weight excluding hydrogens is 320 g/mol. The van der Waals surface area contributed by atoms with Crippen LogP contribution in [-0.4, -0.2) is 36.2 Å². The zero-order chi connectivity index (χ0) is 16.9. The maximum absolute atomic E-state index is 12.2. The first-order valence-electron chi connectivity index (χ1n) is 6.87. The average molecular weight is 336 g/mol. The third-order valence-electron chi connectivity index (χ3n) is 3.06. The van der Waals surface area contributed by atoms with Crippen molar-refractivity contribution in [1.82, 2.24) is 0 Å². The van der Waals surface area contributed by atoms with Crippen LogP contribution in [-0.2, 0) is 10.1 Å². The van der Waals surface area contributed by atoms with Crippen LogP contribution in [0.4, 0.5) is 0 Å². The number of benzene rings is 2. The van der Waals surface area contributed by atoms with Gasteiger partial charge in [0.05, 0.1) is 12.4 Å². The molecule has 0 saturated carbocycles. The summed E-state index contributed by atoms with van der Waals surface area (Å²) in [6.07, 6.45) is 0.0863. The van der Waals surface area contributed by atoms with Gasteiger partial charge in [-0.2, -0.15) is 8.42 Å². The molecule has 2 N–H and O–H groups in total. The van der Waals surface area contributed by atoms with Crippen LogP contribution in [0, 0.1) is 0 Å². The fourth-order valence-corrected chi connectivity index (χ4v) is 2.44. The zero-order valence-corrected chi connectivity index (χ0v) is 13.0. The SMILES string of the molecule is O=C(c1ccccc1)c1ccc(OCCCS(=O)(=O)O)c(O)c1. The number of ketones is 1. The Morgan fingerprint density at radius 2 is 1.74 bits per heavy atom. The normalized spacial score (nSPS) is 11.2. The largest absolute Gasteiger partial charge is 0.504 e. The van der Waals surface area contributed by atoms with E-state index in [-0.39, 0.29) is 30.3 Å². The van der Waals surface area contributed by atoms with Gasteiger partial charge in [0.1, 0.15) is 0 Å². The lowest BCUT2D eigenvalue weighted by Crippen LogP contribution is -2.08. The summed E-state index contributed by atoms with van der Waals surface area (Å²) in [5.74, 6) is -0.708. The van der Waals surface area contributed by atoms with E-state index in [0.29, 0.717) is 11.1 Å². The van der Waals surface area contributed by atoms with E-state index >= 15 is 0 Å². The minimum Gasteiger partial charge on any atom is -0.504 e. The number of phenols is 1. The molecule has 6 nitrogen and oxygen atoms in total. The van der Waals surface area contributed by atoms with Gasteiger partial charge in [-0.15, -0.1) is 0 Å². The van der Waals surface area contributed by atoms with Gasteiger partial charge in [0, 0.05) is 11.1 Å². The molecule has 0 atom stereocenters. The van der Waals surface area contributed by atoms with Crippen LogP contribution in [0.5, 0.6) is 11.5 Å². The highest BCUT2D eigenvalue weighted by Gasteiger charge is 2.12. The topological polar surface area (TPSA) is 101 Å². The van der Waals surface area contributed by atoms with E-state index in [1.807, 2.05) is 0 Å². The van der Waals surface area contributed by atoms with Gasteiger partial charge in [-0.05, 0) is 24.6 Å². The van der Waals surface area contributed by atoms with Gasteiger partial charge in [0.2, 0.25) is 0 Å². The predicted octanol–water partition coefficient (Wildman–Crippen LogP) is 2.28.